The van der Waals surface area contributed by atoms with E-state index in [2.05, 4.69) is 7.94 Å². The smallest absolute Gasteiger partial charge is 0.305 e. The van der Waals surface area contributed by atoms with Crippen molar-refractivity contribution in [1.82, 2.24) is 0 Å². The zero-order valence-electron chi connectivity index (χ0n) is 7.21. The Morgan fingerprint density at radius 3 is 2.67 bits per heavy atom. The normalized spacial score (nSPS) is 12.1. The van der Waals surface area contributed by atoms with Crippen LogP contribution in [-0.4, -0.2) is 19.3 Å². The SMILES string of the molecule is C/C=C(\C=NI)CCC(=O)OC. The van der Waals surface area contributed by atoms with Crippen LogP contribution in [0.1, 0.15) is 19.8 Å². The topological polar surface area (TPSA) is 38.7 Å². The average molecular weight is 281 g/mol. The van der Waals surface area contributed by atoms with E-state index in [-0.39, 0.29) is 5.97 Å². The van der Waals surface area contributed by atoms with Crippen molar-refractivity contribution in [3.63, 3.8) is 0 Å². The number of carbonyl (C=O) groups excluding carboxylic acids is 1. The lowest BCUT2D eigenvalue weighted by atomic mass is 10.1. The Hall–Kier alpha value is -0.390. The molecule has 0 saturated carbocycles. The van der Waals surface area contributed by atoms with Crippen molar-refractivity contribution in [2.45, 2.75) is 19.8 Å². The molecule has 12 heavy (non-hydrogen) atoms. The summed E-state index contributed by atoms with van der Waals surface area (Å²) in [6.07, 6.45) is 4.78. The number of ether oxygens (including phenoxy) is 1. The van der Waals surface area contributed by atoms with Crippen LogP contribution in [0.15, 0.2) is 14.9 Å². The molecule has 0 fully saturated rings. The first kappa shape index (κ1) is 11.6. The number of hydrogen-bond donors (Lipinski definition) is 0. The van der Waals surface area contributed by atoms with E-state index in [1.807, 2.05) is 35.9 Å². The lowest BCUT2D eigenvalue weighted by Crippen LogP contribution is -2.00. The molecule has 0 bridgehead atoms. The van der Waals surface area contributed by atoms with Crippen LogP contribution in [0.4, 0.5) is 0 Å². The maximum absolute atomic E-state index is 10.7. The quantitative estimate of drug-likeness (QED) is 0.450. The molecule has 0 amide bonds. The van der Waals surface area contributed by atoms with Gasteiger partial charge in [-0.25, -0.2) is 3.21 Å². The van der Waals surface area contributed by atoms with Crippen molar-refractivity contribution >= 4 is 35.0 Å². The Morgan fingerprint density at radius 2 is 2.25 bits per heavy atom. The number of esters is 1. The molecule has 0 aliphatic rings. The lowest BCUT2D eigenvalue weighted by molar-refractivity contribution is -0.140. The Kier molecular flexibility index (Phi) is 7.03. The minimum atomic E-state index is -0.184. The van der Waals surface area contributed by atoms with Crippen molar-refractivity contribution in [1.29, 1.82) is 0 Å². The molecule has 3 nitrogen and oxygen atoms in total. The van der Waals surface area contributed by atoms with Gasteiger partial charge in [0.1, 0.15) is 0 Å². The predicted molar refractivity (Wildman–Crippen MR) is 57.5 cm³/mol. The average Bonchev–Trinajstić information content (AvgIpc) is 2.11. The fraction of sp³-hybridized carbons (Fsp3) is 0.500. The minimum Gasteiger partial charge on any atom is -0.469 e. The molecule has 0 spiro atoms. The van der Waals surface area contributed by atoms with Gasteiger partial charge in [-0.2, -0.15) is 0 Å². The molecule has 68 valence electrons. The third-order valence-corrected chi connectivity index (χ3v) is 1.71. The number of allylic oxidation sites excluding steroid dienone is 2. The number of hydrogen-bond acceptors (Lipinski definition) is 3. The van der Waals surface area contributed by atoms with Gasteiger partial charge in [0.05, 0.1) is 30.0 Å². The van der Waals surface area contributed by atoms with E-state index >= 15 is 0 Å². The highest BCUT2D eigenvalue weighted by Gasteiger charge is 2.00. The van der Waals surface area contributed by atoms with E-state index < -0.39 is 0 Å². The Balaban J connectivity index is 3.82. The van der Waals surface area contributed by atoms with Crippen molar-refractivity contribution in [2.75, 3.05) is 7.11 Å². The van der Waals surface area contributed by atoms with Crippen LogP contribution >= 0.6 is 22.9 Å². The van der Waals surface area contributed by atoms with Gasteiger partial charge in [-0.15, -0.1) is 0 Å². The molecule has 0 aromatic rings. The highest BCUT2D eigenvalue weighted by atomic mass is 127. The molecule has 0 rings (SSSR count). The number of methoxy groups -OCH3 is 1. The summed E-state index contributed by atoms with van der Waals surface area (Å²) < 4.78 is 8.35. The second kappa shape index (κ2) is 7.27. The minimum absolute atomic E-state index is 0.184. The predicted octanol–water partition coefficient (Wildman–Crippen LogP) is 2.31. The van der Waals surface area contributed by atoms with Gasteiger partial charge in [0.15, 0.2) is 0 Å². The summed E-state index contributed by atoms with van der Waals surface area (Å²) >= 11 is 1.90. The van der Waals surface area contributed by atoms with Crippen LogP contribution in [0.3, 0.4) is 0 Å². The molecule has 0 N–H and O–H groups in total. The Labute approximate surface area is 86.4 Å². The first-order valence-electron chi connectivity index (χ1n) is 3.61. The standard InChI is InChI=1S/C8H12INO2/c1-3-7(6-10-9)4-5-8(11)12-2/h3,6H,4-5H2,1-2H3/b7-3-,10-6?. The second-order valence-electron chi connectivity index (χ2n) is 2.17. The van der Waals surface area contributed by atoms with Crippen LogP contribution in [0.25, 0.3) is 0 Å². The first-order valence-corrected chi connectivity index (χ1v) is 4.57. The van der Waals surface area contributed by atoms with Gasteiger partial charge in [0.25, 0.3) is 0 Å². The highest BCUT2D eigenvalue weighted by Crippen LogP contribution is 2.04. The van der Waals surface area contributed by atoms with Crippen LogP contribution in [0.5, 0.6) is 0 Å². The molecule has 0 radical (unpaired) electrons. The number of carbonyl (C=O) groups is 1. The van der Waals surface area contributed by atoms with Crippen molar-refractivity contribution in [3.8, 4) is 0 Å². The largest absolute Gasteiger partial charge is 0.469 e. The molecular weight excluding hydrogens is 269 g/mol. The van der Waals surface area contributed by atoms with Crippen LogP contribution < -0.4 is 0 Å². The number of nitrogens with zero attached hydrogens (tertiary/aromatic N) is 1. The van der Waals surface area contributed by atoms with Crippen molar-refractivity contribution in [2.24, 2.45) is 3.21 Å². The van der Waals surface area contributed by atoms with Crippen LogP contribution in [0.2, 0.25) is 0 Å². The summed E-state index contributed by atoms with van der Waals surface area (Å²) in [4.78, 5) is 10.7. The zero-order valence-corrected chi connectivity index (χ0v) is 9.37. The third-order valence-electron chi connectivity index (χ3n) is 1.43. The number of halogens is 1. The molecule has 0 atom stereocenters. The third kappa shape index (κ3) is 5.29. The molecule has 4 heteroatoms. The molecular formula is C8H12INO2. The van der Waals surface area contributed by atoms with Gasteiger partial charge >= 0.3 is 5.97 Å². The molecule has 0 aromatic carbocycles. The van der Waals surface area contributed by atoms with E-state index in [1.165, 1.54) is 7.11 Å². The summed E-state index contributed by atoms with van der Waals surface area (Å²) in [5, 5.41) is 0. The van der Waals surface area contributed by atoms with E-state index in [0.717, 1.165) is 5.57 Å². The lowest BCUT2D eigenvalue weighted by Gasteiger charge is -1.98. The van der Waals surface area contributed by atoms with E-state index in [0.29, 0.717) is 12.8 Å². The fourth-order valence-corrected chi connectivity index (χ4v) is 1.05. The van der Waals surface area contributed by atoms with Gasteiger partial charge in [-0.3, -0.25) is 4.79 Å². The summed E-state index contributed by atoms with van der Waals surface area (Å²) in [6.45, 7) is 1.92. The van der Waals surface area contributed by atoms with Crippen molar-refractivity contribution in [3.05, 3.63) is 11.6 Å². The molecule has 0 aliphatic heterocycles. The van der Waals surface area contributed by atoms with Gasteiger partial charge in [-0.1, -0.05) is 6.08 Å². The first-order chi connectivity index (χ1) is 5.74. The number of rotatable bonds is 4. The van der Waals surface area contributed by atoms with Crippen LogP contribution in [0, 0.1) is 0 Å². The highest BCUT2D eigenvalue weighted by molar-refractivity contribution is 14.1. The molecule has 0 aliphatic carbocycles. The summed E-state index contributed by atoms with van der Waals surface area (Å²) in [5.41, 5.74) is 1.05. The molecule has 0 heterocycles. The van der Waals surface area contributed by atoms with Gasteiger partial charge in [0.2, 0.25) is 0 Å². The summed E-state index contributed by atoms with van der Waals surface area (Å²) in [5.74, 6) is -0.184. The van der Waals surface area contributed by atoms with Gasteiger partial charge in [0, 0.05) is 12.6 Å². The second-order valence-corrected chi connectivity index (χ2v) is 2.72. The van der Waals surface area contributed by atoms with Gasteiger partial charge in [-0.05, 0) is 18.9 Å². The Morgan fingerprint density at radius 1 is 1.58 bits per heavy atom. The van der Waals surface area contributed by atoms with Crippen LogP contribution in [-0.2, 0) is 9.53 Å². The van der Waals surface area contributed by atoms with E-state index in [1.54, 1.807) is 6.21 Å². The monoisotopic (exact) mass is 281 g/mol. The van der Waals surface area contributed by atoms with E-state index in [9.17, 15) is 4.79 Å². The Bertz CT molecular complexity index is 199. The fourth-order valence-electron chi connectivity index (χ4n) is 0.695. The summed E-state index contributed by atoms with van der Waals surface area (Å²) in [7, 11) is 1.39. The maximum Gasteiger partial charge on any atom is 0.305 e. The molecule has 0 aromatic heterocycles. The van der Waals surface area contributed by atoms with Crippen molar-refractivity contribution < 1.29 is 9.53 Å². The zero-order chi connectivity index (χ0) is 9.40. The van der Waals surface area contributed by atoms with E-state index in [4.69, 9.17) is 0 Å². The maximum atomic E-state index is 10.7. The molecule has 0 unspecified atom stereocenters. The van der Waals surface area contributed by atoms with Gasteiger partial charge < -0.3 is 4.74 Å². The molecule has 0 saturated heterocycles. The summed E-state index contributed by atoms with van der Waals surface area (Å²) in [6, 6.07) is 0.